The molecule has 43 heavy (non-hydrogen) atoms. The Labute approximate surface area is 247 Å². The van der Waals surface area contributed by atoms with E-state index in [-0.39, 0.29) is 41.9 Å². The van der Waals surface area contributed by atoms with E-state index in [1.165, 1.54) is 32.4 Å². The van der Waals surface area contributed by atoms with E-state index in [4.69, 9.17) is 14.2 Å². The molecule has 234 valence electrons. The summed E-state index contributed by atoms with van der Waals surface area (Å²) in [6.45, 7) is 6.23. The van der Waals surface area contributed by atoms with Gasteiger partial charge in [-0.3, -0.25) is 0 Å². The first-order valence-corrected chi connectivity index (χ1v) is 14.0. The second kappa shape index (κ2) is 13.7. The van der Waals surface area contributed by atoms with Gasteiger partial charge in [0.25, 0.3) is 6.43 Å². The highest BCUT2D eigenvalue weighted by atomic mass is 19.3. The maximum absolute atomic E-state index is 15.5. The molecule has 0 aliphatic carbocycles. The van der Waals surface area contributed by atoms with Gasteiger partial charge in [-0.2, -0.15) is 4.98 Å². The Morgan fingerprint density at radius 3 is 2.40 bits per heavy atom. The molecule has 0 unspecified atom stereocenters. The van der Waals surface area contributed by atoms with Crippen molar-refractivity contribution in [2.45, 2.75) is 64.4 Å². The van der Waals surface area contributed by atoms with Crippen molar-refractivity contribution in [2.75, 3.05) is 44.5 Å². The van der Waals surface area contributed by atoms with Crippen LogP contribution in [0.4, 0.5) is 34.1 Å². The van der Waals surface area contributed by atoms with Crippen LogP contribution in [0, 0.1) is 11.6 Å². The van der Waals surface area contributed by atoms with Crippen LogP contribution in [0.2, 0.25) is 0 Å². The number of rotatable bonds is 10. The molecular formula is C30H37F4N5O4. The highest BCUT2D eigenvalue weighted by Crippen LogP contribution is 2.35. The first-order valence-electron chi connectivity index (χ1n) is 14.0. The van der Waals surface area contributed by atoms with Crippen LogP contribution in [0.5, 0.6) is 0 Å². The van der Waals surface area contributed by atoms with Crippen molar-refractivity contribution < 1.29 is 36.6 Å². The molecule has 1 saturated heterocycles. The number of halogens is 4. The largest absolute Gasteiger partial charge is 0.444 e. The zero-order valence-electron chi connectivity index (χ0n) is 24.8. The molecule has 1 aliphatic rings. The van der Waals surface area contributed by atoms with Crippen molar-refractivity contribution in [2.24, 2.45) is 0 Å². The molecule has 1 aromatic heterocycles. The summed E-state index contributed by atoms with van der Waals surface area (Å²) in [4.78, 5) is 23.1. The zero-order valence-corrected chi connectivity index (χ0v) is 24.8. The maximum Gasteiger partial charge on any atom is 0.410 e. The van der Waals surface area contributed by atoms with Crippen molar-refractivity contribution in [1.82, 2.24) is 14.9 Å². The number of nitrogens with one attached hydrogen (secondary N) is 2. The summed E-state index contributed by atoms with van der Waals surface area (Å²) in [6.07, 6.45) is -2.93. The van der Waals surface area contributed by atoms with Crippen LogP contribution in [0.3, 0.4) is 0 Å². The van der Waals surface area contributed by atoms with Gasteiger partial charge in [0, 0.05) is 50.9 Å². The molecule has 3 aromatic rings. The number of carbonyl (C=O) groups is 1. The predicted molar refractivity (Wildman–Crippen MR) is 154 cm³/mol. The summed E-state index contributed by atoms with van der Waals surface area (Å²) in [7, 11) is 2.95. The number of alkyl halides is 2. The van der Waals surface area contributed by atoms with Crippen molar-refractivity contribution in [1.29, 1.82) is 0 Å². The van der Waals surface area contributed by atoms with E-state index in [1.807, 2.05) is 0 Å². The molecule has 0 spiro atoms. The number of aromatic nitrogens is 2. The summed E-state index contributed by atoms with van der Waals surface area (Å²) in [6, 6.07) is 6.77. The molecule has 1 amide bonds. The number of carbonyl (C=O) groups excluding carboxylic acids is 1. The smallest absolute Gasteiger partial charge is 0.410 e. The molecule has 0 radical (unpaired) electrons. The van der Waals surface area contributed by atoms with Crippen LogP contribution >= 0.6 is 0 Å². The number of likely N-dealkylation sites (tertiary alicyclic amines) is 1. The highest BCUT2D eigenvalue weighted by Gasteiger charge is 2.29. The van der Waals surface area contributed by atoms with E-state index in [2.05, 4.69) is 20.6 Å². The molecule has 2 aromatic carbocycles. The molecule has 0 saturated carbocycles. The van der Waals surface area contributed by atoms with Gasteiger partial charge < -0.3 is 29.7 Å². The molecule has 2 N–H and O–H groups in total. The lowest BCUT2D eigenvalue weighted by atomic mass is 9.88. The number of amides is 1. The minimum atomic E-state index is -2.96. The topological polar surface area (TPSA) is 97.8 Å². The summed E-state index contributed by atoms with van der Waals surface area (Å²) < 4.78 is 72.7. The van der Waals surface area contributed by atoms with E-state index in [0.29, 0.717) is 36.9 Å². The molecule has 0 atom stereocenters. The molecule has 1 aliphatic heterocycles. The molecular weight excluding hydrogens is 570 g/mol. The van der Waals surface area contributed by atoms with Gasteiger partial charge in [0.05, 0.1) is 17.6 Å². The second-order valence-corrected chi connectivity index (χ2v) is 11.3. The van der Waals surface area contributed by atoms with E-state index in [9.17, 15) is 18.0 Å². The Bertz CT molecular complexity index is 1420. The first kappa shape index (κ1) is 32.2. The molecule has 2 heterocycles. The van der Waals surface area contributed by atoms with Crippen LogP contribution in [0.1, 0.15) is 62.6 Å². The minimum absolute atomic E-state index is 0.0229. The Kier molecular flexibility index (Phi) is 10.3. The van der Waals surface area contributed by atoms with Gasteiger partial charge in [-0.05, 0) is 51.2 Å². The third-order valence-electron chi connectivity index (χ3n) is 7.14. The highest BCUT2D eigenvalue weighted by molar-refractivity contribution is 5.91. The van der Waals surface area contributed by atoms with Gasteiger partial charge >= 0.3 is 6.09 Å². The zero-order chi connectivity index (χ0) is 31.3. The van der Waals surface area contributed by atoms with Crippen LogP contribution in [-0.2, 0) is 20.8 Å². The molecule has 1 fully saturated rings. The summed E-state index contributed by atoms with van der Waals surface area (Å²) in [5, 5.41) is 6.48. The quantitative estimate of drug-likeness (QED) is 0.197. The van der Waals surface area contributed by atoms with E-state index < -0.39 is 41.6 Å². The lowest BCUT2D eigenvalue weighted by molar-refractivity contribution is -0.0914. The SMILES string of the molecule is COC(CNc1nc(NCc2cccc(C(F)F)c2F)c2cc(C3CCN(C(=O)OC(C)(C)C)CC3)c(F)cc2n1)OC. The Balaban J connectivity index is 1.63. The normalized spacial score (nSPS) is 14.5. The van der Waals surface area contributed by atoms with Gasteiger partial charge in [0.1, 0.15) is 23.1 Å². The van der Waals surface area contributed by atoms with Crippen LogP contribution in [0.25, 0.3) is 10.9 Å². The van der Waals surface area contributed by atoms with E-state index in [1.54, 1.807) is 31.7 Å². The Morgan fingerprint density at radius 1 is 1.07 bits per heavy atom. The third-order valence-corrected chi connectivity index (χ3v) is 7.14. The first-order chi connectivity index (χ1) is 20.4. The summed E-state index contributed by atoms with van der Waals surface area (Å²) in [5.41, 5.74) is -0.571. The molecule has 4 rings (SSSR count). The fourth-order valence-corrected chi connectivity index (χ4v) is 4.91. The van der Waals surface area contributed by atoms with Gasteiger partial charge in [-0.15, -0.1) is 0 Å². The number of hydrogen-bond donors (Lipinski definition) is 2. The van der Waals surface area contributed by atoms with Gasteiger partial charge in [-0.25, -0.2) is 27.3 Å². The number of hydrogen-bond acceptors (Lipinski definition) is 8. The fourth-order valence-electron chi connectivity index (χ4n) is 4.91. The number of piperidine rings is 1. The average molecular weight is 608 g/mol. The van der Waals surface area contributed by atoms with Crippen molar-refractivity contribution in [3.8, 4) is 0 Å². The fraction of sp³-hybridized carbons (Fsp3) is 0.500. The van der Waals surface area contributed by atoms with Gasteiger partial charge in [0.2, 0.25) is 5.95 Å². The van der Waals surface area contributed by atoms with Crippen molar-refractivity contribution >= 4 is 28.8 Å². The van der Waals surface area contributed by atoms with Crippen LogP contribution < -0.4 is 10.6 Å². The number of anilines is 2. The van der Waals surface area contributed by atoms with E-state index >= 15 is 4.39 Å². The summed E-state index contributed by atoms with van der Waals surface area (Å²) >= 11 is 0. The van der Waals surface area contributed by atoms with Crippen molar-refractivity contribution in [3.05, 3.63) is 58.7 Å². The number of ether oxygens (including phenoxy) is 3. The second-order valence-electron chi connectivity index (χ2n) is 11.3. The Morgan fingerprint density at radius 2 is 1.77 bits per heavy atom. The van der Waals surface area contributed by atoms with Crippen molar-refractivity contribution in [3.63, 3.8) is 0 Å². The third kappa shape index (κ3) is 8.02. The van der Waals surface area contributed by atoms with Gasteiger partial charge in [0.15, 0.2) is 6.29 Å². The average Bonchev–Trinajstić information content (AvgIpc) is 2.95. The number of fused-ring (bicyclic) bond motifs is 1. The molecule has 9 nitrogen and oxygen atoms in total. The minimum Gasteiger partial charge on any atom is -0.444 e. The number of nitrogens with zero attached hydrogens (tertiary/aromatic N) is 3. The lowest BCUT2D eigenvalue weighted by Gasteiger charge is -2.33. The number of benzene rings is 2. The summed E-state index contributed by atoms with van der Waals surface area (Å²) in [5.74, 6) is -1.26. The lowest BCUT2D eigenvalue weighted by Crippen LogP contribution is -2.41. The van der Waals surface area contributed by atoms with Crippen LogP contribution in [0.15, 0.2) is 30.3 Å². The molecule has 13 heteroatoms. The maximum atomic E-state index is 15.5. The number of methoxy groups -OCH3 is 2. The predicted octanol–water partition coefficient (Wildman–Crippen LogP) is 6.60. The Hall–Kier alpha value is -3.71. The standard InChI is InChI=1S/C30H37F4N5O4/c1-30(2,3)43-29(40)39-11-9-17(10-12-39)20-13-21-23(14-22(20)31)37-28(36-16-24(41-4)42-5)38-27(21)35-15-18-7-6-8-19(25(18)32)26(33)34/h6-8,13-14,17,24,26H,9-12,15-16H2,1-5H3,(H2,35,36,37,38). The van der Waals surface area contributed by atoms with E-state index in [0.717, 1.165) is 6.07 Å². The monoisotopic (exact) mass is 607 g/mol. The van der Waals surface area contributed by atoms with Gasteiger partial charge in [-0.1, -0.05) is 18.2 Å². The molecule has 0 bridgehead atoms. The van der Waals surface area contributed by atoms with Crippen LogP contribution in [-0.4, -0.2) is 66.7 Å².